The van der Waals surface area contributed by atoms with E-state index in [2.05, 4.69) is 20.8 Å². The number of fused-ring (bicyclic) bond motifs is 1. The van der Waals surface area contributed by atoms with Crippen LogP contribution in [0.2, 0.25) is 0 Å². The third-order valence-corrected chi connectivity index (χ3v) is 9.85. The fourth-order valence-electron chi connectivity index (χ4n) is 8.87. The zero-order chi connectivity index (χ0) is 15.5. The summed E-state index contributed by atoms with van der Waals surface area (Å²) in [5.41, 5.74) is 1.10. The Morgan fingerprint density at radius 1 is 1.00 bits per heavy atom. The smallest absolute Gasteiger partial charge is 0.309 e. The van der Waals surface area contributed by atoms with E-state index >= 15 is 0 Å². The van der Waals surface area contributed by atoms with Gasteiger partial charge in [-0.2, -0.15) is 0 Å². The summed E-state index contributed by atoms with van der Waals surface area (Å²) in [7, 11) is 0. The van der Waals surface area contributed by atoms with Crippen LogP contribution in [0.5, 0.6) is 0 Å². The fourth-order valence-corrected chi connectivity index (χ4v) is 8.87. The summed E-state index contributed by atoms with van der Waals surface area (Å²) < 4.78 is 0. The van der Waals surface area contributed by atoms with Gasteiger partial charge < -0.3 is 5.11 Å². The highest BCUT2D eigenvalue weighted by Gasteiger charge is 2.78. The second-order valence-electron chi connectivity index (χ2n) is 10.4. The number of carbonyl (C=O) groups is 1. The van der Waals surface area contributed by atoms with Gasteiger partial charge in [0.2, 0.25) is 0 Å². The van der Waals surface area contributed by atoms with Crippen LogP contribution in [0.1, 0.15) is 72.1 Å². The molecule has 4 bridgehead atoms. The molecule has 22 heavy (non-hydrogen) atoms. The Hall–Kier alpha value is -0.530. The normalized spacial score (nSPS) is 64.7. The SMILES string of the molecule is C[C@@]12CCC[C@@](C)(C(=O)O)[C@@H]1CC[C@@]13C[C@H]4[C@@H](C[C@H]12)[C@]4(C)C3. The molecule has 0 aliphatic heterocycles. The van der Waals surface area contributed by atoms with E-state index in [-0.39, 0.29) is 0 Å². The number of hydrogen-bond donors (Lipinski definition) is 1. The number of carboxylic acids is 1. The Labute approximate surface area is 134 Å². The van der Waals surface area contributed by atoms with Crippen LogP contribution in [-0.4, -0.2) is 11.1 Å². The van der Waals surface area contributed by atoms with Crippen molar-refractivity contribution in [3.63, 3.8) is 0 Å². The number of hydrogen-bond acceptors (Lipinski definition) is 1. The van der Waals surface area contributed by atoms with Crippen LogP contribution in [0.25, 0.3) is 0 Å². The van der Waals surface area contributed by atoms with Gasteiger partial charge in [0, 0.05) is 0 Å². The van der Waals surface area contributed by atoms with Gasteiger partial charge in [0.15, 0.2) is 0 Å². The molecule has 1 N–H and O–H groups in total. The van der Waals surface area contributed by atoms with Crippen LogP contribution in [0.15, 0.2) is 0 Å². The van der Waals surface area contributed by atoms with Gasteiger partial charge in [0.1, 0.15) is 0 Å². The van der Waals surface area contributed by atoms with E-state index in [1.54, 1.807) is 0 Å². The molecular weight excluding hydrogens is 272 g/mol. The average molecular weight is 302 g/mol. The van der Waals surface area contributed by atoms with Crippen LogP contribution in [0.3, 0.4) is 0 Å². The van der Waals surface area contributed by atoms with Gasteiger partial charge in [-0.1, -0.05) is 20.3 Å². The Morgan fingerprint density at radius 3 is 2.41 bits per heavy atom. The molecule has 6 aliphatic carbocycles. The first-order valence-corrected chi connectivity index (χ1v) is 9.50. The van der Waals surface area contributed by atoms with Crippen LogP contribution < -0.4 is 0 Å². The zero-order valence-electron chi connectivity index (χ0n) is 14.3. The minimum atomic E-state index is -0.530. The van der Waals surface area contributed by atoms with Crippen LogP contribution in [0.4, 0.5) is 0 Å². The highest BCUT2D eigenvalue weighted by atomic mass is 16.4. The van der Waals surface area contributed by atoms with E-state index in [0.717, 1.165) is 30.6 Å². The first kappa shape index (κ1) is 13.9. The van der Waals surface area contributed by atoms with Crippen LogP contribution >= 0.6 is 0 Å². The van der Waals surface area contributed by atoms with Crippen LogP contribution in [-0.2, 0) is 4.79 Å². The minimum Gasteiger partial charge on any atom is -0.481 e. The predicted octanol–water partition coefficient (Wildman–Crippen LogP) is 4.73. The van der Waals surface area contributed by atoms with Crippen molar-refractivity contribution in [2.75, 3.05) is 0 Å². The molecule has 6 aliphatic rings. The number of carboxylic acid groups (broad SMARTS) is 1. The fraction of sp³-hybridized carbons (Fsp3) is 0.950. The molecule has 0 radical (unpaired) electrons. The molecule has 8 atom stereocenters. The molecule has 1 spiro atoms. The second-order valence-corrected chi connectivity index (χ2v) is 10.4. The maximum atomic E-state index is 12.0. The molecular formula is C20H30O2. The molecule has 6 rings (SSSR count). The predicted molar refractivity (Wildman–Crippen MR) is 85.3 cm³/mol. The van der Waals surface area contributed by atoms with Crippen molar-refractivity contribution in [1.29, 1.82) is 0 Å². The Morgan fingerprint density at radius 2 is 1.77 bits per heavy atom. The Kier molecular flexibility index (Phi) is 2.27. The number of aliphatic carboxylic acids is 1. The maximum Gasteiger partial charge on any atom is 0.309 e. The molecule has 6 saturated carbocycles. The minimum absolute atomic E-state index is 0.290. The molecule has 6 fully saturated rings. The van der Waals surface area contributed by atoms with Crippen molar-refractivity contribution < 1.29 is 9.90 Å². The van der Waals surface area contributed by atoms with E-state index in [9.17, 15) is 9.90 Å². The third-order valence-electron chi connectivity index (χ3n) is 9.85. The quantitative estimate of drug-likeness (QED) is 0.760. The topological polar surface area (TPSA) is 37.3 Å². The van der Waals surface area contributed by atoms with E-state index in [0.29, 0.717) is 22.2 Å². The van der Waals surface area contributed by atoms with Crippen molar-refractivity contribution in [2.24, 2.45) is 45.3 Å². The Balaban J connectivity index is 1.56. The van der Waals surface area contributed by atoms with Gasteiger partial charge in [-0.25, -0.2) is 0 Å². The van der Waals surface area contributed by atoms with E-state index < -0.39 is 11.4 Å². The number of rotatable bonds is 1. The van der Waals surface area contributed by atoms with Crippen molar-refractivity contribution >= 4 is 5.97 Å². The summed E-state index contributed by atoms with van der Waals surface area (Å²) in [6.45, 7) is 7.09. The molecule has 122 valence electrons. The Bertz CT molecular complexity index is 570. The van der Waals surface area contributed by atoms with Gasteiger partial charge in [0.05, 0.1) is 5.41 Å². The van der Waals surface area contributed by atoms with Crippen molar-refractivity contribution in [2.45, 2.75) is 72.1 Å². The summed E-state index contributed by atoms with van der Waals surface area (Å²) in [6, 6.07) is 0. The second kappa shape index (κ2) is 3.59. The zero-order valence-corrected chi connectivity index (χ0v) is 14.3. The summed E-state index contributed by atoms with van der Waals surface area (Å²) in [4.78, 5) is 12.0. The summed E-state index contributed by atoms with van der Waals surface area (Å²) >= 11 is 0. The molecule has 2 heteroatoms. The van der Waals surface area contributed by atoms with E-state index in [1.807, 2.05) is 0 Å². The van der Waals surface area contributed by atoms with Gasteiger partial charge in [-0.05, 0) is 91.8 Å². The molecule has 0 unspecified atom stereocenters. The molecule has 0 saturated heterocycles. The molecule has 0 aromatic carbocycles. The molecule has 0 amide bonds. The third kappa shape index (κ3) is 1.26. The monoisotopic (exact) mass is 302 g/mol. The molecule has 0 aromatic heterocycles. The highest BCUT2D eigenvalue weighted by molar-refractivity contribution is 5.75. The van der Waals surface area contributed by atoms with Crippen LogP contribution in [0, 0.1) is 45.3 Å². The maximum absolute atomic E-state index is 12.0. The van der Waals surface area contributed by atoms with E-state index in [1.165, 1.54) is 38.5 Å². The molecule has 0 heterocycles. The largest absolute Gasteiger partial charge is 0.481 e. The lowest BCUT2D eigenvalue weighted by molar-refractivity contribution is -0.187. The standard InChI is InChI=1S/C20H30O2/c1-17-6-4-7-18(2,16(21)22)14(17)5-8-20-10-13-12(9-15(17)20)19(13,3)11-20/h12-15H,4-11H2,1-3H3,(H,21,22)/t12-,13+,14-,15+,17-,18-,19+,20+/m1/s1. The van der Waals surface area contributed by atoms with Crippen molar-refractivity contribution in [3.05, 3.63) is 0 Å². The summed E-state index contributed by atoms with van der Waals surface area (Å²) in [5, 5.41) is 9.92. The lowest BCUT2D eigenvalue weighted by Crippen LogP contribution is -2.59. The van der Waals surface area contributed by atoms with Gasteiger partial charge in [0.25, 0.3) is 0 Å². The van der Waals surface area contributed by atoms with E-state index in [4.69, 9.17) is 0 Å². The van der Waals surface area contributed by atoms with Crippen molar-refractivity contribution in [1.82, 2.24) is 0 Å². The molecule has 2 nitrogen and oxygen atoms in total. The highest BCUT2D eigenvalue weighted by Crippen LogP contribution is 2.85. The van der Waals surface area contributed by atoms with Gasteiger partial charge in [-0.15, -0.1) is 0 Å². The average Bonchev–Trinajstić information content (AvgIpc) is 2.89. The van der Waals surface area contributed by atoms with Crippen molar-refractivity contribution in [3.8, 4) is 0 Å². The molecule has 0 aromatic rings. The summed E-state index contributed by atoms with van der Waals surface area (Å²) in [6.07, 6.45) is 10.1. The first-order chi connectivity index (χ1) is 10.3. The first-order valence-electron chi connectivity index (χ1n) is 9.50. The van der Waals surface area contributed by atoms with Gasteiger partial charge in [-0.3, -0.25) is 4.79 Å². The lowest BCUT2D eigenvalue weighted by Gasteiger charge is -2.65. The lowest BCUT2D eigenvalue weighted by atomic mass is 9.39. The summed E-state index contributed by atoms with van der Waals surface area (Å²) in [5.74, 6) is 2.70. The van der Waals surface area contributed by atoms with Gasteiger partial charge >= 0.3 is 5.97 Å².